The number of aryl methyl sites for hydroxylation is 2. The quantitative estimate of drug-likeness (QED) is 0.271. The molecule has 0 atom stereocenters. The molecule has 0 bridgehead atoms. The maximum Gasteiger partial charge on any atom is 0.144 e. The van der Waals surface area contributed by atoms with Crippen LogP contribution in [0.5, 0.6) is 0 Å². The van der Waals surface area contributed by atoms with Crippen molar-refractivity contribution in [3.05, 3.63) is 77.7 Å². The Morgan fingerprint density at radius 1 is 0.912 bits per heavy atom. The molecule has 3 heterocycles. The minimum Gasteiger partial charge on any atom is -0.461 e. The van der Waals surface area contributed by atoms with Gasteiger partial charge in [0.2, 0.25) is 0 Å². The van der Waals surface area contributed by atoms with E-state index in [1.54, 1.807) is 6.07 Å². The summed E-state index contributed by atoms with van der Waals surface area (Å²) in [5.41, 5.74) is 2.38. The van der Waals surface area contributed by atoms with Crippen LogP contribution in [0.25, 0.3) is 44.5 Å². The summed E-state index contributed by atoms with van der Waals surface area (Å²) in [5.74, 6) is -0.893. The molecular formula is C31H31NO2. The van der Waals surface area contributed by atoms with E-state index in [-0.39, 0.29) is 33.6 Å². The Balaban J connectivity index is 1.56. The third kappa shape index (κ3) is 3.55. The normalized spacial score (nSPS) is 21.2. The van der Waals surface area contributed by atoms with Gasteiger partial charge in [-0.2, -0.15) is 0 Å². The first kappa shape index (κ1) is 14.8. The highest BCUT2D eigenvalue weighted by Gasteiger charge is 2.30. The van der Waals surface area contributed by atoms with Crippen LogP contribution in [-0.4, -0.2) is 4.98 Å². The molecule has 0 N–H and O–H groups in total. The second-order valence-electron chi connectivity index (χ2n) is 10.0. The summed E-state index contributed by atoms with van der Waals surface area (Å²) in [6.07, 6.45) is 3.92. The molecule has 1 aliphatic rings. The Morgan fingerprint density at radius 2 is 1.71 bits per heavy atom. The van der Waals surface area contributed by atoms with Crippen LogP contribution < -0.4 is 0 Å². The largest absolute Gasteiger partial charge is 0.461 e. The maximum absolute atomic E-state index is 9.20. The Labute approximate surface area is 210 Å². The molecule has 1 aliphatic carbocycles. The number of aromatic nitrogens is 1. The molecule has 2 aromatic carbocycles. The molecule has 3 nitrogen and oxygen atoms in total. The van der Waals surface area contributed by atoms with Gasteiger partial charge in [-0.05, 0) is 80.2 Å². The summed E-state index contributed by atoms with van der Waals surface area (Å²) in [5, 5.41) is 1.83. The van der Waals surface area contributed by atoms with E-state index in [0.717, 1.165) is 23.6 Å². The van der Waals surface area contributed by atoms with Crippen LogP contribution in [0.4, 0.5) is 0 Å². The molecule has 6 rings (SSSR count). The summed E-state index contributed by atoms with van der Waals surface area (Å²) < 4.78 is 71.1. The predicted molar refractivity (Wildman–Crippen MR) is 139 cm³/mol. The van der Waals surface area contributed by atoms with Gasteiger partial charge in [-0.1, -0.05) is 44.2 Å². The van der Waals surface area contributed by atoms with Crippen molar-refractivity contribution >= 4 is 21.9 Å². The van der Waals surface area contributed by atoms with E-state index in [2.05, 4.69) is 18.8 Å². The van der Waals surface area contributed by atoms with Crippen LogP contribution in [0.15, 0.2) is 69.6 Å². The Morgan fingerprint density at radius 3 is 2.53 bits per heavy atom. The molecule has 0 amide bonds. The molecule has 0 saturated heterocycles. The lowest BCUT2D eigenvalue weighted by atomic mass is 9.72. The monoisotopic (exact) mass is 456 g/mol. The number of hydrogen-bond acceptors (Lipinski definition) is 3. The molecular weight excluding hydrogens is 418 g/mol. The van der Waals surface area contributed by atoms with Crippen molar-refractivity contribution in [2.45, 2.75) is 59.1 Å². The van der Waals surface area contributed by atoms with Crippen LogP contribution in [-0.2, 0) is 0 Å². The zero-order valence-corrected chi connectivity index (χ0v) is 19.4. The fourth-order valence-electron chi connectivity index (χ4n) is 4.98. The SMILES string of the molecule is [2H]C([2H])([2H])c1cnc(-c2cccc3c2oc2ccccc23)cc1-c1oc(C2([2H])CCC(C)(C)CC2)cc1C([2H])([2H])[2H]. The van der Waals surface area contributed by atoms with E-state index in [9.17, 15) is 1.37 Å². The highest BCUT2D eigenvalue weighted by atomic mass is 16.3. The topological polar surface area (TPSA) is 39.2 Å². The number of rotatable bonds is 3. The van der Waals surface area contributed by atoms with Gasteiger partial charge in [0, 0.05) is 43.6 Å². The molecule has 172 valence electrons. The lowest BCUT2D eigenvalue weighted by Crippen LogP contribution is -2.19. The van der Waals surface area contributed by atoms with E-state index < -0.39 is 19.6 Å². The number of para-hydroxylation sites is 2. The highest BCUT2D eigenvalue weighted by Crippen LogP contribution is 2.44. The second kappa shape index (κ2) is 7.87. The first-order chi connectivity index (χ1) is 19.2. The first-order valence-corrected chi connectivity index (χ1v) is 11.7. The van der Waals surface area contributed by atoms with Gasteiger partial charge >= 0.3 is 0 Å². The summed E-state index contributed by atoms with van der Waals surface area (Å²) in [4.78, 5) is 4.50. The van der Waals surface area contributed by atoms with Crippen molar-refractivity contribution in [2.24, 2.45) is 5.41 Å². The maximum atomic E-state index is 9.20. The van der Waals surface area contributed by atoms with E-state index in [1.807, 2.05) is 42.5 Å². The van der Waals surface area contributed by atoms with Crippen molar-refractivity contribution in [3.8, 4) is 22.6 Å². The Bertz CT molecular complexity index is 1770. The van der Waals surface area contributed by atoms with Gasteiger partial charge in [0.05, 0.1) is 5.69 Å². The number of pyridine rings is 1. The molecule has 1 fully saturated rings. The van der Waals surface area contributed by atoms with Gasteiger partial charge < -0.3 is 8.83 Å². The average Bonchev–Trinajstić information content (AvgIpc) is 3.53. The van der Waals surface area contributed by atoms with Gasteiger partial charge in [-0.15, -0.1) is 0 Å². The molecule has 0 spiro atoms. The molecule has 34 heavy (non-hydrogen) atoms. The number of furan rings is 2. The Kier molecular flexibility index (Phi) is 3.43. The van der Waals surface area contributed by atoms with Crippen molar-refractivity contribution in [3.63, 3.8) is 0 Å². The van der Waals surface area contributed by atoms with Crippen molar-refractivity contribution in [1.29, 1.82) is 0 Å². The van der Waals surface area contributed by atoms with Crippen LogP contribution in [0.2, 0.25) is 0 Å². The van der Waals surface area contributed by atoms with E-state index in [4.69, 9.17) is 17.1 Å². The van der Waals surface area contributed by atoms with Crippen LogP contribution in [0, 0.1) is 19.1 Å². The molecule has 3 aromatic heterocycles. The van der Waals surface area contributed by atoms with Crippen LogP contribution in [0.1, 0.15) is 71.9 Å². The predicted octanol–water partition coefficient (Wildman–Crippen LogP) is 9.21. The minimum absolute atomic E-state index is 0.0528. The van der Waals surface area contributed by atoms with Crippen molar-refractivity contribution in [2.75, 3.05) is 0 Å². The molecule has 0 unspecified atom stereocenters. The third-order valence-electron chi connectivity index (χ3n) is 7.12. The fourth-order valence-corrected chi connectivity index (χ4v) is 4.98. The average molecular weight is 457 g/mol. The van der Waals surface area contributed by atoms with Gasteiger partial charge in [-0.3, -0.25) is 4.98 Å². The zero-order chi connectivity index (χ0) is 29.4. The summed E-state index contributed by atoms with van der Waals surface area (Å²) in [7, 11) is 0. The van der Waals surface area contributed by atoms with E-state index >= 15 is 0 Å². The van der Waals surface area contributed by atoms with Gasteiger partial charge in [0.1, 0.15) is 22.7 Å². The van der Waals surface area contributed by atoms with E-state index in [0.29, 0.717) is 35.3 Å². The second-order valence-corrected chi connectivity index (χ2v) is 10.0. The molecule has 5 aromatic rings. The standard InChI is InChI=1S/C31H31NO2/c1-19-16-28(21-12-14-31(3,4)15-13-21)34-29(19)25-17-26(32-18-20(25)2)24-10-7-9-23-22-8-5-6-11-27(22)33-30(23)24/h5-11,16-18,21H,12-15H2,1-4H3/i1D3,2D3,21D. The number of fused-ring (bicyclic) bond motifs is 3. The molecule has 1 saturated carbocycles. The zero-order valence-electron chi connectivity index (χ0n) is 26.4. The smallest absolute Gasteiger partial charge is 0.144 e. The summed E-state index contributed by atoms with van der Waals surface area (Å²) in [6, 6.07) is 16.4. The molecule has 0 aliphatic heterocycles. The lowest BCUT2D eigenvalue weighted by Gasteiger charge is -2.33. The summed E-state index contributed by atoms with van der Waals surface area (Å²) >= 11 is 0. The lowest BCUT2D eigenvalue weighted by molar-refractivity contribution is 0.213. The molecule has 0 radical (unpaired) electrons. The minimum atomic E-state index is -2.59. The van der Waals surface area contributed by atoms with Gasteiger partial charge in [0.15, 0.2) is 0 Å². The fraction of sp³-hybridized carbons (Fsp3) is 0.323. The number of nitrogens with zero attached hydrogens (tertiary/aromatic N) is 1. The van der Waals surface area contributed by atoms with Crippen molar-refractivity contribution < 1.29 is 18.4 Å². The number of benzene rings is 2. The number of hydrogen-bond donors (Lipinski definition) is 0. The van der Waals surface area contributed by atoms with Crippen LogP contribution in [0.3, 0.4) is 0 Å². The summed E-state index contributed by atoms with van der Waals surface area (Å²) in [6.45, 7) is -0.844. The van der Waals surface area contributed by atoms with Gasteiger partial charge in [-0.25, -0.2) is 0 Å². The Hall–Kier alpha value is -3.33. The van der Waals surface area contributed by atoms with Gasteiger partial charge in [0.25, 0.3) is 0 Å². The first-order valence-electron chi connectivity index (χ1n) is 15.2. The molecule has 3 heteroatoms. The highest BCUT2D eigenvalue weighted by molar-refractivity contribution is 6.09. The van der Waals surface area contributed by atoms with Crippen LogP contribution >= 0.6 is 0 Å². The van der Waals surface area contributed by atoms with Crippen molar-refractivity contribution in [1.82, 2.24) is 4.98 Å². The van der Waals surface area contributed by atoms with E-state index in [1.165, 1.54) is 12.3 Å². The third-order valence-corrected chi connectivity index (χ3v) is 7.12.